The Hall–Kier alpha value is -4.33. The van der Waals surface area contributed by atoms with E-state index in [1.54, 1.807) is 31.4 Å². The number of anilines is 1. The molecule has 1 saturated heterocycles. The summed E-state index contributed by atoms with van der Waals surface area (Å²) in [5, 5.41) is 5.16. The SMILES string of the molecule is COc1ccc(-c2ccc(/C=C3\NC(=O)N(CC(=O)Nc4ccc(C)cc4)C3=O)o2)cc1. The van der Waals surface area contributed by atoms with Gasteiger partial charge in [0, 0.05) is 17.3 Å². The predicted molar refractivity (Wildman–Crippen MR) is 119 cm³/mol. The van der Waals surface area contributed by atoms with Crippen LogP contribution in [0.15, 0.2) is 70.8 Å². The Morgan fingerprint density at radius 2 is 1.78 bits per heavy atom. The van der Waals surface area contributed by atoms with Gasteiger partial charge in [0.1, 0.15) is 29.5 Å². The fourth-order valence-electron chi connectivity index (χ4n) is 3.18. The Balaban J connectivity index is 1.43. The first-order valence-corrected chi connectivity index (χ1v) is 9.88. The number of methoxy groups -OCH3 is 1. The molecule has 0 radical (unpaired) electrons. The molecule has 0 bridgehead atoms. The fourth-order valence-corrected chi connectivity index (χ4v) is 3.18. The van der Waals surface area contributed by atoms with E-state index < -0.39 is 24.4 Å². The molecule has 0 saturated carbocycles. The highest BCUT2D eigenvalue weighted by atomic mass is 16.5. The number of carbonyl (C=O) groups is 3. The molecule has 0 atom stereocenters. The lowest BCUT2D eigenvalue weighted by atomic mass is 10.2. The highest BCUT2D eigenvalue weighted by Gasteiger charge is 2.35. The largest absolute Gasteiger partial charge is 0.497 e. The maximum atomic E-state index is 12.6. The number of benzene rings is 2. The molecule has 1 aliphatic heterocycles. The molecule has 2 heterocycles. The predicted octanol–water partition coefficient (Wildman–Crippen LogP) is 3.80. The van der Waals surface area contributed by atoms with E-state index in [1.807, 2.05) is 43.3 Å². The summed E-state index contributed by atoms with van der Waals surface area (Å²) >= 11 is 0. The normalized spacial score (nSPS) is 14.6. The lowest BCUT2D eigenvalue weighted by Gasteiger charge is -2.12. The molecule has 8 nitrogen and oxygen atoms in total. The van der Waals surface area contributed by atoms with Gasteiger partial charge in [-0.2, -0.15) is 0 Å². The molecule has 162 valence electrons. The molecule has 1 fully saturated rings. The monoisotopic (exact) mass is 431 g/mol. The van der Waals surface area contributed by atoms with E-state index in [0.717, 1.165) is 21.8 Å². The molecular formula is C24H21N3O5. The number of urea groups is 1. The van der Waals surface area contributed by atoms with Gasteiger partial charge in [-0.15, -0.1) is 0 Å². The number of imide groups is 1. The second-order valence-electron chi connectivity index (χ2n) is 7.22. The summed E-state index contributed by atoms with van der Waals surface area (Å²) in [5.41, 5.74) is 2.52. The molecule has 1 aliphatic rings. The van der Waals surface area contributed by atoms with Gasteiger partial charge in [0.15, 0.2) is 0 Å². The molecule has 4 amide bonds. The van der Waals surface area contributed by atoms with E-state index >= 15 is 0 Å². The molecule has 3 aromatic rings. The zero-order valence-corrected chi connectivity index (χ0v) is 17.5. The summed E-state index contributed by atoms with van der Waals surface area (Å²) in [4.78, 5) is 38.0. The number of nitrogens with zero attached hydrogens (tertiary/aromatic N) is 1. The van der Waals surface area contributed by atoms with Crippen molar-refractivity contribution in [2.45, 2.75) is 6.92 Å². The van der Waals surface area contributed by atoms with Crippen LogP contribution in [0.1, 0.15) is 11.3 Å². The third-order valence-electron chi connectivity index (χ3n) is 4.89. The van der Waals surface area contributed by atoms with Crippen molar-refractivity contribution in [3.05, 3.63) is 77.7 Å². The zero-order chi connectivity index (χ0) is 22.7. The lowest BCUT2D eigenvalue weighted by Crippen LogP contribution is -2.38. The van der Waals surface area contributed by atoms with Crippen LogP contribution in [-0.2, 0) is 9.59 Å². The van der Waals surface area contributed by atoms with Crippen LogP contribution in [0, 0.1) is 6.92 Å². The smallest absolute Gasteiger partial charge is 0.329 e. The van der Waals surface area contributed by atoms with Crippen LogP contribution in [0.4, 0.5) is 10.5 Å². The van der Waals surface area contributed by atoms with Crippen LogP contribution in [-0.4, -0.2) is 36.4 Å². The zero-order valence-electron chi connectivity index (χ0n) is 17.5. The van der Waals surface area contributed by atoms with Gasteiger partial charge in [-0.1, -0.05) is 17.7 Å². The maximum absolute atomic E-state index is 12.6. The molecular weight excluding hydrogens is 410 g/mol. The topological polar surface area (TPSA) is 101 Å². The number of furan rings is 1. The van der Waals surface area contributed by atoms with Crippen molar-refractivity contribution in [2.24, 2.45) is 0 Å². The molecule has 0 aliphatic carbocycles. The summed E-state index contributed by atoms with van der Waals surface area (Å²) in [5.74, 6) is 0.652. The van der Waals surface area contributed by atoms with Crippen LogP contribution >= 0.6 is 0 Å². The highest BCUT2D eigenvalue weighted by molar-refractivity contribution is 6.15. The Bertz CT molecular complexity index is 1190. The van der Waals surface area contributed by atoms with Crippen molar-refractivity contribution < 1.29 is 23.5 Å². The second-order valence-corrected chi connectivity index (χ2v) is 7.22. The molecule has 0 unspecified atom stereocenters. The Morgan fingerprint density at radius 3 is 2.47 bits per heavy atom. The Kier molecular flexibility index (Phi) is 5.76. The number of rotatable bonds is 6. The first-order chi connectivity index (χ1) is 15.4. The van der Waals surface area contributed by atoms with Crippen LogP contribution < -0.4 is 15.4 Å². The highest BCUT2D eigenvalue weighted by Crippen LogP contribution is 2.26. The molecule has 2 aromatic carbocycles. The van der Waals surface area contributed by atoms with E-state index in [2.05, 4.69) is 10.6 Å². The van der Waals surface area contributed by atoms with Crippen LogP contribution in [0.25, 0.3) is 17.4 Å². The minimum atomic E-state index is -0.665. The average molecular weight is 431 g/mol. The fraction of sp³-hybridized carbons (Fsp3) is 0.125. The number of aryl methyl sites for hydroxylation is 1. The Labute approximate surface area is 184 Å². The van der Waals surface area contributed by atoms with Gasteiger partial charge in [0.2, 0.25) is 5.91 Å². The second kappa shape index (κ2) is 8.81. The Morgan fingerprint density at radius 1 is 1.06 bits per heavy atom. The van der Waals surface area contributed by atoms with Crippen molar-refractivity contribution in [3.8, 4) is 17.1 Å². The van der Waals surface area contributed by atoms with Gasteiger partial charge in [0.25, 0.3) is 5.91 Å². The van der Waals surface area contributed by atoms with Crippen molar-refractivity contribution in [2.75, 3.05) is 19.0 Å². The molecule has 2 N–H and O–H groups in total. The molecule has 1 aromatic heterocycles. The van der Waals surface area contributed by atoms with Crippen LogP contribution in [0.3, 0.4) is 0 Å². The number of carbonyl (C=O) groups excluding carboxylic acids is 3. The van der Waals surface area contributed by atoms with E-state index in [9.17, 15) is 14.4 Å². The van der Waals surface area contributed by atoms with Gasteiger partial charge < -0.3 is 19.8 Å². The average Bonchev–Trinajstić information content (AvgIpc) is 3.36. The van der Waals surface area contributed by atoms with E-state index in [0.29, 0.717) is 17.2 Å². The minimum Gasteiger partial charge on any atom is -0.497 e. The number of ether oxygens (including phenoxy) is 1. The number of hydrogen-bond acceptors (Lipinski definition) is 5. The van der Waals surface area contributed by atoms with Gasteiger partial charge in [-0.25, -0.2) is 9.69 Å². The van der Waals surface area contributed by atoms with E-state index in [4.69, 9.17) is 9.15 Å². The van der Waals surface area contributed by atoms with Gasteiger partial charge >= 0.3 is 6.03 Å². The molecule has 4 rings (SSSR count). The van der Waals surface area contributed by atoms with Gasteiger partial charge in [-0.05, 0) is 55.5 Å². The van der Waals surface area contributed by atoms with Crippen LogP contribution in [0.5, 0.6) is 5.75 Å². The standard InChI is InChI=1S/C24H21N3O5/c1-15-3-7-17(8-4-15)25-22(28)14-27-23(29)20(26-24(27)30)13-19-11-12-21(32-19)16-5-9-18(31-2)10-6-16/h3-13H,14H2,1-2H3,(H,25,28)(H,26,30)/b20-13-. The van der Waals surface area contributed by atoms with Crippen molar-refractivity contribution >= 4 is 29.6 Å². The van der Waals surface area contributed by atoms with E-state index in [1.165, 1.54) is 6.08 Å². The first-order valence-electron chi connectivity index (χ1n) is 9.88. The van der Waals surface area contributed by atoms with Crippen LogP contribution in [0.2, 0.25) is 0 Å². The molecule has 32 heavy (non-hydrogen) atoms. The lowest BCUT2D eigenvalue weighted by molar-refractivity contribution is -0.127. The third kappa shape index (κ3) is 4.54. The first kappa shape index (κ1) is 20.9. The van der Waals surface area contributed by atoms with Gasteiger partial charge in [0.05, 0.1) is 7.11 Å². The van der Waals surface area contributed by atoms with Crippen molar-refractivity contribution in [1.29, 1.82) is 0 Å². The summed E-state index contributed by atoms with van der Waals surface area (Å²) in [6, 6.07) is 17.3. The summed E-state index contributed by atoms with van der Waals surface area (Å²) in [6.07, 6.45) is 1.44. The van der Waals surface area contributed by atoms with Crippen molar-refractivity contribution in [1.82, 2.24) is 10.2 Å². The summed E-state index contributed by atoms with van der Waals surface area (Å²) < 4.78 is 10.9. The molecule has 8 heteroatoms. The summed E-state index contributed by atoms with van der Waals surface area (Å²) in [6.45, 7) is 1.54. The number of nitrogens with one attached hydrogen (secondary N) is 2. The summed E-state index contributed by atoms with van der Waals surface area (Å²) in [7, 11) is 1.59. The maximum Gasteiger partial charge on any atom is 0.329 e. The van der Waals surface area contributed by atoms with Crippen molar-refractivity contribution in [3.63, 3.8) is 0 Å². The molecule has 0 spiro atoms. The quantitative estimate of drug-likeness (QED) is 0.457. The van der Waals surface area contributed by atoms with E-state index in [-0.39, 0.29) is 5.70 Å². The third-order valence-corrected chi connectivity index (χ3v) is 4.89. The minimum absolute atomic E-state index is 0.0359. The number of hydrogen-bond donors (Lipinski definition) is 2. The van der Waals surface area contributed by atoms with Gasteiger partial charge in [-0.3, -0.25) is 9.59 Å². The number of amides is 4.